The number of hydrogen-bond acceptors (Lipinski definition) is 4. The van der Waals surface area contributed by atoms with Gasteiger partial charge in [-0.05, 0) is 102 Å². The summed E-state index contributed by atoms with van der Waals surface area (Å²) in [6.07, 6.45) is -16.5. The summed E-state index contributed by atoms with van der Waals surface area (Å²) >= 11 is 6.13. The lowest BCUT2D eigenvalue weighted by atomic mass is 9.72. The summed E-state index contributed by atoms with van der Waals surface area (Å²) in [5.41, 5.74) is -4.50. The molecular weight excluding hydrogens is 733 g/mol. The Bertz CT molecular complexity index is 1920. The molecule has 1 heterocycles. The number of cyclic esters (lactones) is 1. The monoisotopic (exact) mass is 763 g/mol. The first kappa shape index (κ1) is 38.8. The number of benzene rings is 3. The van der Waals surface area contributed by atoms with Crippen molar-refractivity contribution in [1.29, 1.82) is 0 Å². The Labute approximate surface area is 296 Å². The average molecular weight is 764 g/mol. The number of hydrogen-bond donors (Lipinski definition) is 1. The van der Waals surface area contributed by atoms with Crippen LogP contribution in [-0.2, 0) is 23.3 Å². The van der Waals surface area contributed by atoms with Crippen LogP contribution in [0.1, 0.15) is 84.3 Å². The quantitative estimate of drug-likeness (QED) is 0.243. The van der Waals surface area contributed by atoms with Gasteiger partial charge in [-0.3, -0.25) is 4.90 Å². The number of carboxylic acids is 1. The summed E-state index contributed by atoms with van der Waals surface area (Å²) in [4.78, 5) is 25.9. The van der Waals surface area contributed by atoms with E-state index >= 15 is 0 Å². The molecular formula is C36H31ClF9NO5. The van der Waals surface area contributed by atoms with Crippen molar-refractivity contribution < 1.29 is 63.7 Å². The van der Waals surface area contributed by atoms with Crippen LogP contribution in [0.4, 0.5) is 44.3 Å². The molecule has 0 radical (unpaired) electrons. The van der Waals surface area contributed by atoms with E-state index in [1.165, 1.54) is 26.2 Å². The molecule has 52 heavy (non-hydrogen) atoms. The van der Waals surface area contributed by atoms with Gasteiger partial charge in [-0.1, -0.05) is 31.5 Å². The Morgan fingerprint density at radius 2 is 1.56 bits per heavy atom. The number of alkyl halides is 9. The summed E-state index contributed by atoms with van der Waals surface area (Å²) in [5.74, 6) is -1.54. The van der Waals surface area contributed by atoms with Gasteiger partial charge in [0.25, 0.3) is 0 Å². The SMILES string of the molecule is COc1cc(C(F)(F)F)c(-c2ccc(C(=O)O)c(Cl)c2)cc1C1=C(CN2C(=O)O[C@H](c3cc(C(F)(F)F)cc(C(F)(F)F)c3)[C@@H]2C)CC(C)(C)CC1. The van der Waals surface area contributed by atoms with Crippen molar-refractivity contribution in [3.63, 3.8) is 0 Å². The predicted octanol–water partition coefficient (Wildman–Crippen LogP) is 11.3. The lowest BCUT2D eigenvalue weighted by molar-refractivity contribution is -0.143. The molecule has 1 fully saturated rings. The average Bonchev–Trinajstić information content (AvgIpc) is 3.30. The predicted molar refractivity (Wildman–Crippen MR) is 172 cm³/mol. The number of carboxylic acid groups (broad SMARTS) is 1. The Morgan fingerprint density at radius 1 is 0.942 bits per heavy atom. The number of amides is 1. The van der Waals surface area contributed by atoms with E-state index in [1.807, 2.05) is 13.8 Å². The van der Waals surface area contributed by atoms with Crippen LogP contribution in [0.15, 0.2) is 54.1 Å². The first-order chi connectivity index (χ1) is 23.9. The van der Waals surface area contributed by atoms with Crippen LogP contribution in [0.3, 0.4) is 0 Å². The molecule has 1 amide bonds. The maximum Gasteiger partial charge on any atom is 0.417 e. The van der Waals surface area contributed by atoms with Crippen molar-refractivity contribution in [2.24, 2.45) is 5.41 Å². The van der Waals surface area contributed by atoms with Gasteiger partial charge in [-0.2, -0.15) is 39.5 Å². The molecule has 1 aliphatic carbocycles. The van der Waals surface area contributed by atoms with Crippen molar-refractivity contribution in [1.82, 2.24) is 4.90 Å². The Kier molecular flexibility index (Phi) is 10.1. The van der Waals surface area contributed by atoms with Gasteiger partial charge in [-0.25, -0.2) is 9.59 Å². The van der Waals surface area contributed by atoms with E-state index in [0.717, 1.165) is 23.1 Å². The van der Waals surface area contributed by atoms with Crippen LogP contribution in [0, 0.1) is 5.41 Å². The largest absolute Gasteiger partial charge is 0.496 e. The molecule has 0 saturated carbocycles. The molecule has 0 bridgehead atoms. The van der Waals surface area contributed by atoms with E-state index in [2.05, 4.69) is 0 Å². The second-order valence-corrected chi connectivity index (χ2v) is 13.9. The summed E-state index contributed by atoms with van der Waals surface area (Å²) in [6.45, 7) is 5.07. The molecule has 16 heteroatoms. The van der Waals surface area contributed by atoms with Crippen LogP contribution in [0.5, 0.6) is 5.75 Å². The minimum atomic E-state index is -5.13. The highest BCUT2D eigenvalue weighted by Crippen LogP contribution is 2.49. The summed E-state index contributed by atoms with van der Waals surface area (Å²) < 4.78 is 136. The van der Waals surface area contributed by atoms with E-state index in [9.17, 15) is 54.2 Å². The minimum Gasteiger partial charge on any atom is -0.496 e. The molecule has 6 nitrogen and oxygen atoms in total. The summed E-state index contributed by atoms with van der Waals surface area (Å²) in [7, 11) is 1.18. The number of allylic oxidation sites excluding steroid dienone is 1. The van der Waals surface area contributed by atoms with Gasteiger partial charge in [0, 0.05) is 12.1 Å². The molecule has 0 unspecified atom stereocenters. The van der Waals surface area contributed by atoms with Gasteiger partial charge < -0.3 is 14.6 Å². The zero-order valence-corrected chi connectivity index (χ0v) is 28.7. The van der Waals surface area contributed by atoms with Gasteiger partial charge in [0.1, 0.15) is 11.9 Å². The third-order valence-corrected chi connectivity index (χ3v) is 9.66. The molecule has 3 aromatic carbocycles. The van der Waals surface area contributed by atoms with E-state index in [-0.39, 0.29) is 51.1 Å². The number of halogens is 10. The standard InChI is InChI=1S/C36H31ClF9NO5/c1-17-30(19-9-21(34(38,39)40)12-22(10-19)35(41,42)43)52-32(50)47(17)16-20-15-33(2,3)8-7-23(20)26-13-25(27(36(44,45)46)14-29(26)51-4)18-5-6-24(31(48)49)28(37)11-18/h5-6,9-14,17,30H,7-8,15-16H2,1-4H3,(H,48,49)/t17-,30-/m0/s1. The van der Waals surface area contributed by atoms with E-state index in [1.54, 1.807) is 0 Å². The zero-order valence-electron chi connectivity index (χ0n) is 27.9. The molecule has 1 saturated heterocycles. The van der Waals surface area contributed by atoms with Gasteiger partial charge >= 0.3 is 30.6 Å². The van der Waals surface area contributed by atoms with E-state index in [4.69, 9.17) is 21.1 Å². The highest BCUT2D eigenvalue weighted by molar-refractivity contribution is 6.33. The second kappa shape index (κ2) is 13.5. The smallest absolute Gasteiger partial charge is 0.417 e. The minimum absolute atomic E-state index is 0.0237. The summed E-state index contributed by atoms with van der Waals surface area (Å²) in [6, 6.07) is 5.36. The first-order valence-electron chi connectivity index (χ1n) is 15.7. The molecule has 3 aromatic rings. The molecule has 2 aliphatic rings. The fourth-order valence-corrected chi connectivity index (χ4v) is 6.97. The Balaban J connectivity index is 1.62. The van der Waals surface area contributed by atoms with Crippen LogP contribution in [0.25, 0.3) is 16.7 Å². The van der Waals surface area contributed by atoms with Crippen molar-refractivity contribution in [2.75, 3.05) is 13.7 Å². The number of nitrogens with zero attached hydrogens (tertiary/aromatic N) is 1. The van der Waals surface area contributed by atoms with Gasteiger partial charge in [0.05, 0.1) is 40.4 Å². The van der Waals surface area contributed by atoms with Crippen molar-refractivity contribution in [3.8, 4) is 16.9 Å². The number of carbonyl (C=O) groups excluding carboxylic acids is 1. The molecule has 5 rings (SSSR count). The van der Waals surface area contributed by atoms with Gasteiger partial charge in [0.2, 0.25) is 0 Å². The molecule has 1 N–H and O–H groups in total. The third-order valence-electron chi connectivity index (χ3n) is 9.34. The molecule has 2 atom stereocenters. The van der Waals surface area contributed by atoms with Gasteiger partial charge in [-0.15, -0.1) is 0 Å². The van der Waals surface area contributed by atoms with Gasteiger partial charge in [0.15, 0.2) is 0 Å². The second-order valence-electron chi connectivity index (χ2n) is 13.5. The first-order valence-corrected chi connectivity index (χ1v) is 16.1. The van der Waals surface area contributed by atoms with Crippen molar-refractivity contribution in [2.45, 2.75) is 70.7 Å². The highest BCUT2D eigenvalue weighted by Gasteiger charge is 2.44. The fraction of sp³-hybridized carbons (Fsp3) is 0.389. The normalized spacial score (nSPS) is 19.6. The maximum atomic E-state index is 14.4. The zero-order chi connectivity index (χ0) is 38.7. The topological polar surface area (TPSA) is 76.1 Å². The van der Waals surface area contributed by atoms with Crippen LogP contribution >= 0.6 is 11.6 Å². The maximum absolute atomic E-state index is 14.4. The van der Waals surface area contributed by atoms with Crippen LogP contribution < -0.4 is 4.74 Å². The number of ether oxygens (including phenoxy) is 2. The lowest BCUT2D eigenvalue weighted by Crippen LogP contribution is -2.35. The Hall–Kier alpha value is -4.40. The fourth-order valence-electron chi connectivity index (χ4n) is 6.71. The van der Waals surface area contributed by atoms with E-state index in [0.29, 0.717) is 42.5 Å². The Morgan fingerprint density at radius 3 is 2.08 bits per heavy atom. The number of rotatable bonds is 7. The lowest BCUT2D eigenvalue weighted by Gasteiger charge is -2.36. The third kappa shape index (κ3) is 7.83. The number of methoxy groups -OCH3 is 1. The summed E-state index contributed by atoms with van der Waals surface area (Å²) in [5, 5.41) is 9.08. The molecule has 0 aromatic heterocycles. The van der Waals surface area contributed by atoms with Crippen molar-refractivity contribution >= 4 is 29.2 Å². The van der Waals surface area contributed by atoms with Crippen molar-refractivity contribution in [3.05, 3.63) is 92.5 Å². The number of carbonyl (C=O) groups is 2. The molecule has 0 spiro atoms. The molecule has 1 aliphatic heterocycles. The van der Waals surface area contributed by atoms with Crippen LogP contribution in [0.2, 0.25) is 5.02 Å². The molecule has 280 valence electrons. The highest BCUT2D eigenvalue weighted by atomic mass is 35.5. The number of aromatic carboxylic acids is 1. The van der Waals surface area contributed by atoms with E-state index < -0.39 is 65.0 Å². The van der Waals surface area contributed by atoms with Crippen LogP contribution in [-0.4, -0.2) is 41.8 Å².